The van der Waals surface area contributed by atoms with E-state index in [9.17, 15) is 0 Å². The summed E-state index contributed by atoms with van der Waals surface area (Å²) in [6.07, 6.45) is 5.30. The highest BCUT2D eigenvalue weighted by molar-refractivity contribution is 4.75. The highest BCUT2D eigenvalue weighted by Crippen LogP contribution is 2.18. The fourth-order valence-corrected chi connectivity index (χ4v) is 1.81. The van der Waals surface area contributed by atoms with E-state index in [-0.39, 0.29) is 0 Å². The van der Waals surface area contributed by atoms with E-state index in [0.717, 1.165) is 12.6 Å². The summed E-state index contributed by atoms with van der Waals surface area (Å²) in [4.78, 5) is 2.47. The van der Waals surface area contributed by atoms with Crippen molar-refractivity contribution in [3.63, 3.8) is 0 Å². The number of rotatable bonds is 4. The molecule has 1 heterocycles. The van der Waals surface area contributed by atoms with Crippen molar-refractivity contribution in [2.24, 2.45) is 0 Å². The number of hydrogen-bond acceptors (Lipinski definition) is 2. The number of hydrogen-bond donors (Lipinski definition) is 0. The minimum Gasteiger partial charge on any atom is -0.385 e. The van der Waals surface area contributed by atoms with E-state index in [0.29, 0.717) is 0 Å². The first-order valence-electron chi connectivity index (χ1n) is 4.54. The Hall–Kier alpha value is -0.0800. The van der Waals surface area contributed by atoms with Gasteiger partial charge >= 0.3 is 0 Å². The molecular weight excluding hydrogens is 138 g/mol. The predicted molar refractivity (Wildman–Crippen MR) is 46.8 cm³/mol. The second-order valence-corrected chi connectivity index (χ2v) is 3.41. The molecule has 0 amide bonds. The maximum Gasteiger partial charge on any atom is 0.0462 e. The molecule has 0 aliphatic carbocycles. The average molecular weight is 157 g/mol. The van der Waals surface area contributed by atoms with E-state index in [1.165, 1.54) is 32.2 Å². The molecule has 0 bridgehead atoms. The van der Waals surface area contributed by atoms with Crippen molar-refractivity contribution in [2.45, 2.75) is 31.7 Å². The minimum atomic E-state index is 0.838. The van der Waals surface area contributed by atoms with Gasteiger partial charge in [0.05, 0.1) is 0 Å². The Morgan fingerprint density at radius 1 is 1.55 bits per heavy atom. The molecule has 0 unspecified atom stereocenters. The number of likely N-dealkylation sites (tertiary alicyclic amines) is 1. The van der Waals surface area contributed by atoms with E-state index in [1.54, 1.807) is 7.11 Å². The molecule has 1 aliphatic heterocycles. The normalized spacial score (nSPS) is 26.2. The van der Waals surface area contributed by atoms with E-state index >= 15 is 0 Å². The van der Waals surface area contributed by atoms with Crippen molar-refractivity contribution in [3.8, 4) is 0 Å². The molecule has 0 aromatic carbocycles. The average Bonchev–Trinajstić information content (AvgIpc) is 2.37. The molecular formula is C9H19NO. The zero-order valence-corrected chi connectivity index (χ0v) is 7.68. The minimum absolute atomic E-state index is 0.838. The van der Waals surface area contributed by atoms with Crippen molar-refractivity contribution >= 4 is 0 Å². The highest BCUT2D eigenvalue weighted by atomic mass is 16.5. The van der Waals surface area contributed by atoms with Crippen molar-refractivity contribution in [1.82, 2.24) is 4.90 Å². The summed E-state index contributed by atoms with van der Waals surface area (Å²) in [5.74, 6) is 0. The largest absolute Gasteiger partial charge is 0.385 e. The Kier molecular flexibility index (Phi) is 3.87. The second kappa shape index (κ2) is 4.73. The van der Waals surface area contributed by atoms with Gasteiger partial charge in [-0.2, -0.15) is 0 Å². The molecule has 1 fully saturated rings. The molecule has 1 rings (SSSR count). The summed E-state index contributed by atoms with van der Waals surface area (Å²) < 4.78 is 5.02. The molecule has 2 heteroatoms. The molecule has 66 valence electrons. The van der Waals surface area contributed by atoms with Gasteiger partial charge in [0.25, 0.3) is 0 Å². The predicted octanol–water partition coefficient (Wildman–Crippen LogP) is 1.51. The SMILES string of the molecule is COCCC[C@H]1CCCN1C. The van der Waals surface area contributed by atoms with Crippen molar-refractivity contribution in [1.29, 1.82) is 0 Å². The molecule has 2 nitrogen and oxygen atoms in total. The van der Waals surface area contributed by atoms with Crippen LogP contribution in [0.4, 0.5) is 0 Å². The summed E-state index contributed by atoms with van der Waals surface area (Å²) in [5.41, 5.74) is 0. The molecule has 0 aromatic heterocycles. The lowest BCUT2D eigenvalue weighted by Crippen LogP contribution is -2.24. The van der Waals surface area contributed by atoms with Gasteiger partial charge in [0, 0.05) is 19.8 Å². The Balaban J connectivity index is 2.05. The van der Waals surface area contributed by atoms with Gasteiger partial charge in [0.1, 0.15) is 0 Å². The van der Waals surface area contributed by atoms with Gasteiger partial charge in [-0.15, -0.1) is 0 Å². The standard InChI is InChI=1S/C9H19NO/c1-10-7-3-5-9(10)6-4-8-11-2/h9H,3-8H2,1-2H3/t9-/m1/s1. The van der Waals surface area contributed by atoms with E-state index < -0.39 is 0 Å². The first-order valence-corrected chi connectivity index (χ1v) is 4.54. The first-order chi connectivity index (χ1) is 5.34. The summed E-state index contributed by atoms with van der Waals surface area (Å²) >= 11 is 0. The van der Waals surface area contributed by atoms with Gasteiger partial charge in [-0.1, -0.05) is 0 Å². The lowest BCUT2D eigenvalue weighted by Gasteiger charge is -2.18. The fourth-order valence-electron chi connectivity index (χ4n) is 1.81. The zero-order valence-electron chi connectivity index (χ0n) is 7.68. The van der Waals surface area contributed by atoms with Gasteiger partial charge < -0.3 is 9.64 Å². The van der Waals surface area contributed by atoms with Crippen LogP contribution in [-0.2, 0) is 4.74 Å². The Morgan fingerprint density at radius 3 is 2.91 bits per heavy atom. The molecule has 1 aliphatic rings. The second-order valence-electron chi connectivity index (χ2n) is 3.41. The fraction of sp³-hybridized carbons (Fsp3) is 1.00. The van der Waals surface area contributed by atoms with E-state index in [1.807, 2.05) is 0 Å². The van der Waals surface area contributed by atoms with Gasteiger partial charge in [-0.05, 0) is 39.3 Å². The molecule has 0 saturated carbocycles. The Labute approximate surface area is 69.5 Å². The lowest BCUT2D eigenvalue weighted by atomic mass is 10.1. The van der Waals surface area contributed by atoms with Crippen LogP contribution in [0.5, 0.6) is 0 Å². The maximum atomic E-state index is 5.02. The van der Waals surface area contributed by atoms with E-state index in [4.69, 9.17) is 4.74 Å². The summed E-state index contributed by atoms with van der Waals surface area (Å²) in [6.45, 7) is 2.21. The highest BCUT2D eigenvalue weighted by Gasteiger charge is 2.19. The summed E-state index contributed by atoms with van der Waals surface area (Å²) in [6, 6.07) is 0.838. The summed E-state index contributed by atoms with van der Waals surface area (Å²) in [5, 5.41) is 0. The van der Waals surface area contributed by atoms with Crippen molar-refractivity contribution in [3.05, 3.63) is 0 Å². The van der Waals surface area contributed by atoms with Crippen molar-refractivity contribution in [2.75, 3.05) is 27.3 Å². The van der Waals surface area contributed by atoms with Crippen LogP contribution in [0.2, 0.25) is 0 Å². The van der Waals surface area contributed by atoms with Gasteiger partial charge in [-0.25, -0.2) is 0 Å². The topological polar surface area (TPSA) is 12.5 Å². The van der Waals surface area contributed by atoms with Crippen LogP contribution >= 0.6 is 0 Å². The third-order valence-corrected chi connectivity index (χ3v) is 2.56. The van der Waals surface area contributed by atoms with Crippen LogP contribution in [-0.4, -0.2) is 38.3 Å². The Bertz CT molecular complexity index is 106. The van der Waals surface area contributed by atoms with Crippen LogP contribution < -0.4 is 0 Å². The molecule has 0 radical (unpaired) electrons. The third kappa shape index (κ3) is 2.80. The first kappa shape index (κ1) is 9.01. The van der Waals surface area contributed by atoms with Crippen molar-refractivity contribution < 1.29 is 4.74 Å². The van der Waals surface area contributed by atoms with E-state index in [2.05, 4.69) is 11.9 Å². The van der Waals surface area contributed by atoms with Crippen LogP contribution in [0.1, 0.15) is 25.7 Å². The Morgan fingerprint density at radius 2 is 2.36 bits per heavy atom. The van der Waals surface area contributed by atoms with Crippen LogP contribution in [0.25, 0.3) is 0 Å². The summed E-state index contributed by atoms with van der Waals surface area (Å²) in [7, 11) is 4.00. The molecule has 1 saturated heterocycles. The van der Waals surface area contributed by atoms with Crippen LogP contribution in [0.3, 0.4) is 0 Å². The van der Waals surface area contributed by atoms with Gasteiger partial charge in [0.15, 0.2) is 0 Å². The maximum absolute atomic E-state index is 5.02. The lowest BCUT2D eigenvalue weighted by molar-refractivity contribution is 0.180. The quantitative estimate of drug-likeness (QED) is 0.573. The number of nitrogens with zero attached hydrogens (tertiary/aromatic N) is 1. The monoisotopic (exact) mass is 157 g/mol. The zero-order chi connectivity index (χ0) is 8.10. The van der Waals surface area contributed by atoms with Crippen LogP contribution in [0, 0.1) is 0 Å². The number of methoxy groups -OCH3 is 1. The molecule has 0 aromatic rings. The van der Waals surface area contributed by atoms with Crippen LogP contribution in [0.15, 0.2) is 0 Å². The molecule has 11 heavy (non-hydrogen) atoms. The number of ether oxygens (including phenoxy) is 1. The van der Waals surface area contributed by atoms with Gasteiger partial charge in [0.2, 0.25) is 0 Å². The molecule has 0 spiro atoms. The molecule has 0 N–H and O–H groups in total. The van der Waals surface area contributed by atoms with Gasteiger partial charge in [-0.3, -0.25) is 0 Å². The smallest absolute Gasteiger partial charge is 0.0462 e. The molecule has 1 atom stereocenters. The third-order valence-electron chi connectivity index (χ3n) is 2.56.